The zero-order valence-electron chi connectivity index (χ0n) is 23.1. The van der Waals surface area contributed by atoms with Crippen LogP contribution in [0.3, 0.4) is 0 Å². The topological polar surface area (TPSA) is 207 Å². The van der Waals surface area contributed by atoms with Crippen molar-refractivity contribution in [2.24, 2.45) is 0 Å². The second-order valence-corrected chi connectivity index (χ2v) is 13.8. The van der Waals surface area contributed by atoms with E-state index in [2.05, 4.69) is 15.3 Å². The molecule has 2 aromatic heterocycles. The fourth-order valence-electron chi connectivity index (χ4n) is 3.25. The maximum atomic E-state index is 12.6. The van der Waals surface area contributed by atoms with Crippen LogP contribution in [0.25, 0.3) is 0 Å². The Morgan fingerprint density at radius 1 is 0.804 bits per heavy atom. The van der Waals surface area contributed by atoms with E-state index < -0.39 is 33.5 Å². The van der Waals surface area contributed by atoms with Crippen LogP contribution < -0.4 is 9.80 Å². The van der Waals surface area contributed by atoms with Crippen molar-refractivity contribution >= 4 is 92.7 Å². The van der Waals surface area contributed by atoms with E-state index in [1.165, 1.54) is 4.90 Å². The van der Waals surface area contributed by atoms with E-state index in [4.69, 9.17) is 65.7 Å². The molecule has 0 aliphatic heterocycles. The Morgan fingerprint density at radius 3 is 1.50 bits per heavy atom. The molecule has 46 heavy (non-hydrogen) atoms. The molecule has 20 heteroatoms. The van der Waals surface area contributed by atoms with Crippen molar-refractivity contribution in [3.8, 4) is 0 Å². The van der Waals surface area contributed by atoms with Crippen molar-refractivity contribution in [2.75, 3.05) is 29.5 Å². The number of benzene rings is 2. The van der Waals surface area contributed by atoms with Gasteiger partial charge >= 0.3 is 29.0 Å². The third-order valence-electron chi connectivity index (χ3n) is 5.13. The van der Waals surface area contributed by atoms with Gasteiger partial charge < -0.3 is 25.5 Å². The number of halogens is 4. The zero-order valence-corrected chi connectivity index (χ0v) is 30.3. The number of hydrogen-bond acceptors (Lipinski definition) is 12. The first-order valence-electron chi connectivity index (χ1n) is 12.0. The fraction of sp³-hybridized carbons (Fsp3) is 0.154. The molecule has 0 aliphatic rings. The molecule has 1 atom stereocenters. The molecule has 0 spiro atoms. The summed E-state index contributed by atoms with van der Waals surface area (Å²) in [4.78, 5) is 28.5. The van der Waals surface area contributed by atoms with Crippen molar-refractivity contribution < 1.29 is 54.3 Å². The van der Waals surface area contributed by atoms with Crippen molar-refractivity contribution in [3.05, 3.63) is 103 Å². The van der Waals surface area contributed by atoms with Gasteiger partial charge in [0.15, 0.2) is 10.3 Å². The van der Waals surface area contributed by atoms with Crippen LogP contribution in [0, 0.1) is 0 Å². The SMILES string of the molecule is C=CCN(C(=O)c1snc(Cl)c1Cl)c1ccccc1.O.O=C(c1snc(Cl)c1Cl)N(CC(O)CO)c1ccccc1.[O]=[Os](=[O])(=[O])=[O]. The molecule has 0 saturated heterocycles. The van der Waals surface area contributed by atoms with Crippen LogP contribution in [-0.4, -0.2) is 62.1 Å². The molecule has 13 nitrogen and oxygen atoms in total. The number of anilines is 2. The molecule has 0 radical (unpaired) electrons. The summed E-state index contributed by atoms with van der Waals surface area (Å²) in [6.07, 6.45) is 0.595. The number of aliphatic hydroxyl groups excluding tert-OH is 2. The Balaban J connectivity index is 0.000000395. The number of aromatic nitrogens is 2. The molecule has 4 aromatic rings. The Morgan fingerprint density at radius 2 is 1.17 bits per heavy atom. The van der Waals surface area contributed by atoms with Crippen LogP contribution in [0.5, 0.6) is 0 Å². The van der Waals surface area contributed by atoms with Crippen molar-refractivity contribution in [1.29, 1.82) is 0 Å². The first kappa shape index (κ1) is 41.3. The summed E-state index contributed by atoms with van der Waals surface area (Å²) in [5.41, 5.74) is 1.35. The van der Waals surface area contributed by atoms with Gasteiger partial charge in [-0.15, -0.1) is 6.58 Å². The third-order valence-corrected chi connectivity index (χ3v) is 8.70. The molecular formula is C26H24Cl4N4O9OsS2. The fourth-order valence-corrected chi connectivity index (χ4v) is 5.57. The van der Waals surface area contributed by atoms with Crippen LogP contribution in [0.1, 0.15) is 19.3 Å². The minimum absolute atomic E-state index is 0. The van der Waals surface area contributed by atoms with Crippen LogP contribution in [0.2, 0.25) is 20.4 Å². The quantitative estimate of drug-likeness (QED) is 0.204. The number of hydrogen-bond donors (Lipinski definition) is 2. The molecule has 4 rings (SSSR count). The minimum atomic E-state index is -6.06. The first-order chi connectivity index (χ1) is 21.2. The molecule has 250 valence electrons. The summed E-state index contributed by atoms with van der Waals surface area (Å²) >= 11 is 19.3. The van der Waals surface area contributed by atoms with Gasteiger partial charge in [-0.25, -0.2) is 0 Å². The van der Waals surface area contributed by atoms with E-state index >= 15 is 0 Å². The maximum absolute atomic E-state index is 12.6. The van der Waals surface area contributed by atoms with Crippen LogP contribution in [0.4, 0.5) is 11.4 Å². The number of carbonyl (C=O) groups excluding carboxylic acids is 2. The molecule has 2 heterocycles. The number of para-hydroxylation sites is 2. The Hall–Kier alpha value is -2.74. The van der Waals surface area contributed by atoms with Gasteiger partial charge in [-0.05, 0) is 47.3 Å². The number of carbonyl (C=O) groups is 2. The molecule has 2 amide bonds. The van der Waals surface area contributed by atoms with Gasteiger partial charge in [0.2, 0.25) is 0 Å². The molecule has 0 aliphatic carbocycles. The summed E-state index contributed by atoms with van der Waals surface area (Å²) in [6, 6.07) is 18.1. The second kappa shape index (κ2) is 19.8. The second-order valence-electron chi connectivity index (χ2n) is 8.21. The Labute approximate surface area is 292 Å². The number of rotatable bonds is 9. The first-order valence-corrected chi connectivity index (χ1v) is 19.2. The molecule has 0 bridgehead atoms. The van der Waals surface area contributed by atoms with Crippen LogP contribution in [-0.2, 0) is 29.0 Å². The van der Waals surface area contributed by atoms with Gasteiger partial charge in [-0.2, -0.15) is 8.75 Å². The van der Waals surface area contributed by atoms with Gasteiger partial charge in [0.25, 0.3) is 11.8 Å². The van der Waals surface area contributed by atoms with E-state index in [-0.39, 0.29) is 43.2 Å². The zero-order chi connectivity index (χ0) is 33.7. The monoisotopic (exact) mass is 932 g/mol. The van der Waals surface area contributed by atoms with Gasteiger partial charge in [0.1, 0.15) is 19.8 Å². The number of aliphatic hydroxyl groups is 2. The molecule has 0 fully saturated rings. The summed E-state index contributed by atoms with van der Waals surface area (Å²) in [5, 5.41) is 19.2. The Kier molecular flexibility index (Phi) is 17.8. The van der Waals surface area contributed by atoms with E-state index in [0.717, 1.165) is 28.8 Å². The van der Waals surface area contributed by atoms with Crippen molar-refractivity contribution in [1.82, 2.24) is 8.75 Å². The molecule has 2 aromatic carbocycles. The van der Waals surface area contributed by atoms with Gasteiger partial charge in [0.05, 0.1) is 19.3 Å². The summed E-state index contributed by atoms with van der Waals surface area (Å²) in [5.74, 6) is -0.663. The number of amides is 2. The number of nitrogens with zero attached hydrogens (tertiary/aromatic N) is 4. The average Bonchev–Trinajstić information content (AvgIpc) is 3.53. The van der Waals surface area contributed by atoms with Crippen molar-refractivity contribution in [3.63, 3.8) is 0 Å². The van der Waals surface area contributed by atoms with Crippen LogP contribution >= 0.6 is 69.5 Å². The molecule has 1 unspecified atom stereocenters. The van der Waals surface area contributed by atoms with E-state index in [1.54, 1.807) is 35.2 Å². The normalized spacial score (nSPS) is 11.0. The van der Waals surface area contributed by atoms with Gasteiger partial charge in [-0.3, -0.25) is 9.59 Å². The van der Waals surface area contributed by atoms with Crippen LogP contribution in [0.15, 0.2) is 73.3 Å². The van der Waals surface area contributed by atoms with E-state index in [9.17, 15) is 14.7 Å². The van der Waals surface area contributed by atoms with E-state index in [1.807, 2.05) is 36.4 Å². The Bertz CT molecular complexity index is 1810. The summed E-state index contributed by atoms with van der Waals surface area (Å²) < 4.78 is 42.2. The molecule has 0 saturated carbocycles. The summed E-state index contributed by atoms with van der Waals surface area (Å²) in [7, 11) is 0. The van der Waals surface area contributed by atoms with Gasteiger partial charge in [0, 0.05) is 17.9 Å². The van der Waals surface area contributed by atoms with Gasteiger partial charge in [-0.1, -0.05) is 88.9 Å². The van der Waals surface area contributed by atoms with Crippen molar-refractivity contribution in [2.45, 2.75) is 6.10 Å². The predicted octanol–water partition coefficient (Wildman–Crippen LogP) is 5.43. The standard InChI is InChI=1S/C13H12Cl2N2O3S.C13H10Cl2N2OS.H2O.4O.Os/c14-10-11(21-16-12(10)15)13(20)17(6-9(19)7-18)8-4-2-1-3-5-8;1-2-8-17(9-6-4-3-5-7-9)13(18)11-10(14)12(15)16-19-11;;;;;;/h1-5,9,18-19H,6-7H2;2-7H,1,8H2;1H2;;;;;. The molecular weight excluding hydrogens is 908 g/mol. The third kappa shape index (κ3) is 12.8. The molecule has 4 N–H and O–H groups in total. The summed E-state index contributed by atoms with van der Waals surface area (Å²) in [6.45, 7) is 3.53. The average molecular weight is 933 g/mol. The predicted molar refractivity (Wildman–Crippen MR) is 170 cm³/mol. The van der Waals surface area contributed by atoms with E-state index in [0.29, 0.717) is 17.1 Å².